The number of carbonyl (C=O) groups is 2. The number of rotatable bonds is 21. The molecule has 149 heavy (non-hydrogen) atoms. The van der Waals surface area contributed by atoms with Crippen LogP contribution < -0.4 is 89.8 Å². The predicted octanol–water partition coefficient (Wildman–Crippen LogP) is 20.8. The van der Waals surface area contributed by atoms with E-state index in [0.717, 1.165) is 27.8 Å². The second kappa shape index (κ2) is 61.6. The summed E-state index contributed by atoms with van der Waals surface area (Å²) in [5.41, 5.74) is 6.19. The molecule has 0 aliphatic carbocycles. The van der Waals surface area contributed by atoms with Gasteiger partial charge in [-0.05, 0) is 190 Å². The summed E-state index contributed by atoms with van der Waals surface area (Å²) in [5.74, 6) is -0.913. The summed E-state index contributed by atoms with van der Waals surface area (Å²) in [6.45, 7) is 7.09. The van der Waals surface area contributed by atoms with Gasteiger partial charge in [0.1, 0.15) is 24.6 Å². The van der Waals surface area contributed by atoms with Gasteiger partial charge in [-0.2, -0.15) is 0 Å². The normalized spacial score (nSPS) is 10.3. The molecule has 19 nitrogen and oxygen atoms in total. The number of carboxylic acid groups (broad SMARTS) is 2. The van der Waals surface area contributed by atoms with Gasteiger partial charge in [-0.1, -0.05) is 434 Å². The summed E-state index contributed by atoms with van der Waals surface area (Å²) in [5, 5.41) is 70.4. The number of carboxylic acids is 2. The Kier molecular flexibility index (Phi) is 50.6. The maximum Gasteiger partial charge on any atom is 0.494 e. The first-order valence-corrected chi connectivity index (χ1v) is 52.5. The SMILES string of the molecule is C.C.CN(C)c1c(Cl)ccc2c(=O)c3ccc(Br)cc3n(CC(=O)O)c12.Cc1noc(C)c1-c1ccc2c(=O)c3ccc(Cl)c(N(C)C)c3n(CC(=O)O)c2c1.Cc1noc(C)c1B(O)O.O=[C-]OO.[Na].[Na].[Pd].c1ccc(P(c2ccccc2)c2ccccc2)cc1.c1ccc(P(c2ccccc2)c2ccccc2)cc1.c1ccc(P(c2ccccc2)c2ccccc2)cc1.c1ccc(P(c2ccccc2)c2ccccc2)cc1. The molecule has 30 heteroatoms. The van der Waals surface area contributed by atoms with Crippen molar-refractivity contribution in [2.45, 2.75) is 55.6 Å². The van der Waals surface area contributed by atoms with E-state index in [1.807, 2.05) is 26.0 Å². The zero-order valence-corrected chi connectivity index (χ0v) is 94.6. The fourth-order valence-corrected chi connectivity index (χ4v) is 26.7. The van der Waals surface area contributed by atoms with E-state index >= 15 is 0 Å². The van der Waals surface area contributed by atoms with E-state index in [1.54, 1.807) is 110 Å². The molecule has 4 aromatic heterocycles. The zero-order chi connectivity index (χ0) is 102. The Balaban J connectivity index is 0.000000212. The fraction of sp³-hybridized carbons (Fsp3) is 0.101. The van der Waals surface area contributed by atoms with Crippen LogP contribution in [0.5, 0.6) is 0 Å². The Hall–Kier alpha value is -11.7. The number of nitrogens with zero attached hydrogens (tertiary/aromatic N) is 6. The molecule has 0 spiro atoms. The van der Waals surface area contributed by atoms with Crippen molar-refractivity contribution < 1.29 is 74.3 Å². The van der Waals surface area contributed by atoms with Crippen molar-refractivity contribution >= 4 is 280 Å². The number of carbonyl (C=O) groups excluding carboxylic acids is 1. The molecular formula is C119H111BBrCl2N6Na2O13P4Pd-. The molecule has 0 saturated heterocycles. The van der Waals surface area contributed by atoms with Crippen LogP contribution >= 0.6 is 70.8 Å². The molecule has 0 atom stereocenters. The molecule has 0 saturated carbocycles. The van der Waals surface area contributed by atoms with Crippen molar-refractivity contribution in [2.24, 2.45) is 0 Å². The van der Waals surface area contributed by atoms with E-state index in [4.69, 9.17) is 47.8 Å². The number of fused-ring (bicyclic) bond motifs is 4. The van der Waals surface area contributed by atoms with Crippen molar-refractivity contribution in [2.75, 3.05) is 38.0 Å². The van der Waals surface area contributed by atoms with E-state index in [9.17, 15) is 29.4 Å². The maximum absolute atomic E-state index is 13.3. The molecule has 4 heterocycles. The molecule has 16 aromatic carbocycles. The van der Waals surface area contributed by atoms with Gasteiger partial charge in [0.05, 0.1) is 54.9 Å². The molecule has 752 valence electrons. The van der Waals surface area contributed by atoms with Crippen LogP contribution in [0, 0.1) is 27.7 Å². The molecule has 0 aliphatic rings. The second-order valence-corrected chi connectivity index (χ2v) is 43.3. The van der Waals surface area contributed by atoms with Crippen LogP contribution in [0.2, 0.25) is 10.0 Å². The number of pyridine rings is 2. The summed E-state index contributed by atoms with van der Waals surface area (Å²) in [7, 11) is 3.96. The van der Waals surface area contributed by atoms with Gasteiger partial charge in [-0.15, -0.1) is 0 Å². The second-order valence-electron chi connectivity index (χ2n) is 32.7. The molecule has 2 radical (unpaired) electrons. The first kappa shape index (κ1) is 122. The number of hydrogen-bond acceptors (Lipinski definition) is 15. The minimum Gasteiger partial charge on any atom is -0.509 e. The third kappa shape index (κ3) is 32.4. The van der Waals surface area contributed by atoms with Crippen molar-refractivity contribution in [3.63, 3.8) is 0 Å². The smallest absolute Gasteiger partial charge is 0.494 e. The van der Waals surface area contributed by atoms with Gasteiger partial charge in [-0.3, -0.25) is 19.2 Å². The monoisotopic (exact) mass is 2270 g/mol. The Labute approximate surface area is 951 Å². The third-order valence-electron chi connectivity index (χ3n) is 22.6. The largest absolute Gasteiger partial charge is 0.509 e. The average Bonchev–Trinajstić information content (AvgIpc) is 1.66. The van der Waals surface area contributed by atoms with Gasteiger partial charge in [0.2, 0.25) is 0 Å². The summed E-state index contributed by atoms with van der Waals surface area (Å²) >= 11 is 16.2. The fourth-order valence-electron chi connectivity index (χ4n) is 16.5. The summed E-state index contributed by atoms with van der Waals surface area (Å²) in [6, 6.07) is 146. The van der Waals surface area contributed by atoms with Crippen LogP contribution in [0.1, 0.15) is 37.8 Å². The van der Waals surface area contributed by atoms with Crippen LogP contribution in [0.3, 0.4) is 0 Å². The van der Waals surface area contributed by atoms with E-state index in [2.05, 4.69) is 400 Å². The molecule has 20 rings (SSSR count). The van der Waals surface area contributed by atoms with Crippen LogP contribution in [-0.2, 0) is 52.8 Å². The first-order valence-electron chi connectivity index (χ1n) is 45.6. The minimum atomic E-state index is -1.48. The molecule has 0 bridgehead atoms. The first-order chi connectivity index (χ1) is 69.8. The Morgan fingerprint density at radius 3 is 0.805 bits per heavy atom. The molecule has 0 fully saturated rings. The van der Waals surface area contributed by atoms with E-state index in [0.29, 0.717) is 87.7 Å². The van der Waals surface area contributed by atoms with Crippen molar-refractivity contribution in [3.8, 4) is 11.1 Å². The van der Waals surface area contributed by atoms with Crippen molar-refractivity contribution in [3.05, 3.63) is 483 Å². The number of benzene rings is 16. The minimum absolute atomic E-state index is 0. The van der Waals surface area contributed by atoms with Crippen molar-refractivity contribution in [1.29, 1.82) is 0 Å². The van der Waals surface area contributed by atoms with Crippen molar-refractivity contribution in [1.82, 2.24) is 19.4 Å². The van der Waals surface area contributed by atoms with E-state index < -0.39 is 50.7 Å². The topological polar surface area (TPSA) is 264 Å². The Bertz CT molecular complexity index is 6850. The number of aryl methyl sites for hydroxylation is 4. The van der Waals surface area contributed by atoms with Gasteiger partial charge in [0.15, 0.2) is 10.9 Å². The van der Waals surface area contributed by atoms with Crippen LogP contribution in [0.4, 0.5) is 11.4 Å². The van der Waals surface area contributed by atoms with E-state index in [-0.39, 0.29) is 118 Å². The summed E-state index contributed by atoms with van der Waals surface area (Å²) < 4.78 is 14.0. The summed E-state index contributed by atoms with van der Waals surface area (Å²) in [6.07, 6.45) is 0. The van der Waals surface area contributed by atoms with Crippen LogP contribution in [0.25, 0.3) is 54.7 Å². The van der Waals surface area contributed by atoms with Gasteiger partial charge in [0.25, 0.3) is 0 Å². The molecule has 5 N–H and O–H groups in total. The number of halogens is 3. The van der Waals surface area contributed by atoms with Gasteiger partial charge >= 0.3 is 19.1 Å². The van der Waals surface area contributed by atoms with Crippen LogP contribution in [-0.4, -0.2) is 158 Å². The van der Waals surface area contributed by atoms with E-state index in [1.165, 1.54) is 63.7 Å². The predicted molar refractivity (Wildman–Crippen MR) is 629 cm³/mol. The standard InChI is InChI=1S/C22H20ClN3O4.4C18H15P.C17H14BrClN2O3.C5H8BNO3.CHO3.2CH4.2Na.Pd/c1-11-19(12(2)30-24-11)13-5-6-14-17(9-13)26(10-18(27)28)20-15(22(14)29)7-8-16(23)21(20)25(3)4;4*1-4-10-16(11-5-1)19(17-12-6-2-7-13-17)18-14-8-3-9-15-18;1-20(2)16-12(19)6-5-11-15(16)21(8-14(22)23)13-7-9(18)3-4-10(13)17(11)24;1-3-5(6(8)9)4(2)10-7-3;2-1-4-3;;;;;/h5-9H,10H2,1-4H3,(H,27,28);4*1-15H;3-7H,8H2,1-2H3,(H,22,23);8-9H,1-2H3;3H;2*1H4;;;/q;;;;;;;-1;;;;;. The van der Waals surface area contributed by atoms with Crippen LogP contribution in [0.15, 0.2) is 448 Å². The molecule has 0 amide bonds. The number of hydrogen-bond donors (Lipinski definition) is 5. The van der Waals surface area contributed by atoms with Gasteiger partial charge < -0.3 is 57.9 Å². The number of anilines is 2. The molecule has 0 unspecified atom stereocenters. The Morgan fingerprint density at radius 2 is 0.604 bits per heavy atom. The number of aromatic nitrogens is 4. The quantitative estimate of drug-likeness (QED) is 0.0112. The molecular weight excluding hydrogens is 2160 g/mol. The molecule has 0 aliphatic heterocycles. The maximum atomic E-state index is 13.3. The van der Waals surface area contributed by atoms with Gasteiger partial charge in [0, 0.05) is 145 Å². The third-order valence-corrected chi connectivity index (χ3v) is 33.5. The Morgan fingerprint density at radius 1 is 0.376 bits per heavy atom. The summed E-state index contributed by atoms with van der Waals surface area (Å²) in [4.78, 5) is 64.3. The molecule has 20 aromatic rings. The average molecular weight is 2270 g/mol. The van der Waals surface area contributed by atoms with Gasteiger partial charge in [-0.25, -0.2) is 5.26 Å². The zero-order valence-electron chi connectivity index (χ0n) is 82.3. The number of aliphatic carboxylic acids is 2.